The van der Waals surface area contributed by atoms with Gasteiger partial charge in [0.25, 0.3) is 0 Å². The molecular weight excluding hydrogens is 300 g/mol. The molecule has 24 heavy (non-hydrogen) atoms. The SMILES string of the molecule is CC(=O)[C@H]1CCC2[C@@H]3CC[C@@H]4CC(=O)CC[C@]4(C)C3[C@H](O)C[C@@]21C. The van der Waals surface area contributed by atoms with Gasteiger partial charge in [-0.05, 0) is 80.0 Å². The number of rotatable bonds is 1. The standard InChI is InChI=1S/C21H32O3/c1-12(22)16-6-7-17-15-5-4-13-10-14(23)8-9-20(13,2)19(15)18(24)11-21(16,17)3/h13,15-19,24H,4-11H2,1-3H3/t13-,15+,16-,17?,18-,19?,20+,21-/m1/s1. The average molecular weight is 332 g/mol. The first-order chi connectivity index (χ1) is 11.3. The van der Waals surface area contributed by atoms with E-state index in [9.17, 15) is 14.7 Å². The van der Waals surface area contributed by atoms with E-state index < -0.39 is 0 Å². The Morgan fingerprint density at radius 3 is 2.58 bits per heavy atom. The first kappa shape index (κ1) is 16.8. The van der Waals surface area contributed by atoms with Crippen LogP contribution >= 0.6 is 0 Å². The molecule has 4 saturated carbocycles. The Morgan fingerprint density at radius 2 is 1.88 bits per heavy atom. The Kier molecular flexibility index (Phi) is 3.77. The van der Waals surface area contributed by atoms with E-state index in [2.05, 4.69) is 13.8 Å². The van der Waals surface area contributed by atoms with Gasteiger partial charge in [0.15, 0.2) is 0 Å². The predicted molar refractivity (Wildman–Crippen MR) is 92.3 cm³/mol. The van der Waals surface area contributed by atoms with Crippen molar-refractivity contribution in [1.29, 1.82) is 0 Å². The van der Waals surface area contributed by atoms with E-state index in [-0.39, 0.29) is 22.9 Å². The van der Waals surface area contributed by atoms with Gasteiger partial charge >= 0.3 is 0 Å². The zero-order valence-corrected chi connectivity index (χ0v) is 15.4. The van der Waals surface area contributed by atoms with E-state index in [1.807, 2.05) is 0 Å². The molecule has 4 fully saturated rings. The van der Waals surface area contributed by atoms with Crippen LogP contribution in [-0.4, -0.2) is 22.8 Å². The number of hydrogen-bond acceptors (Lipinski definition) is 3. The fourth-order valence-corrected chi connectivity index (χ4v) is 7.84. The topological polar surface area (TPSA) is 54.4 Å². The molecule has 0 amide bonds. The molecule has 0 aromatic heterocycles. The maximum Gasteiger partial charge on any atom is 0.133 e. The number of fused-ring (bicyclic) bond motifs is 5. The van der Waals surface area contributed by atoms with Crippen molar-refractivity contribution < 1.29 is 14.7 Å². The first-order valence-corrected chi connectivity index (χ1v) is 9.97. The lowest BCUT2D eigenvalue weighted by Gasteiger charge is -2.61. The van der Waals surface area contributed by atoms with Gasteiger partial charge in [0, 0.05) is 18.8 Å². The van der Waals surface area contributed by atoms with E-state index in [0.29, 0.717) is 41.7 Å². The molecule has 0 heterocycles. The molecule has 134 valence electrons. The number of aliphatic hydroxyl groups excluding tert-OH is 1. The van der Waals surface area contributed by atoms with Gasteiger partial charge in [0.2, 0.25) is 0 Å². The fraction of sp³-hybridized carbons (Fsp3) is 0.905. The van der Waals surface area contributed by atoms with Crippen molar-refractivity contribution in [1.82, 2.24) is 0 Å². The highest BCUT2D eigenvalue weighted by molar-refractivity contribution is 5.80. The van der Waals surface area contributed by atoms with Gasteiger partial charge in [-0.3, -0.25) is 9.59 Å². The molecule has 3 nitrogen and oxygen atoms in total. The summed E-state index contributed by atoms with van der Waals surface area (Å²) < 4.78 is 0. The van der Waals surface area contributed by atoms with Crippen molar-refractivity contribution in [2.45, 2.75) is 78.2 Å². The Morgan fingerprint density at radius 1 is 1.12 bits per heavy atom. The lowest BCUT2D eigenvalue weighted by molar-refractivity contribution is -0.173. The van der Waals surface area contributed by atoms with E-state index in [1.54, 1.807) is 6.92 Å². The summed E-state index contributed by atoms with van der Waals surface area (Å²) in [6.07, 6.45) is 7.27. The summed E-state index contributed by atoms with van der Waals surface area (Å²) in [5.41, 5.74) is 0.103. The quantitative estimate of drug-likeness (QED) is 0.795. The van der Waals surface area contributed by atoms with Crippen LogP contribution in [0.3, 0.4) is 0 Å². The van der Waals surface area contributed by atoms with E-state index in [4.69, 9.17) is 0 Å². The number of Topliss-reactive ketones (excluding diaryl/α,β-unsaturated/α-hetero) is 2. The van der Waals surface area contributed by atoms with Crippen LogP contribution in [0.1, 0.15) is 72.1 Å². The largest absolute Gasteiger partial charge is 0.393 e. The summed E-state index contributed by atoms with van der Waals surface area (Å²) in [4.78, 5) is 24.1. The molecule has 4 aliphatic rings. The highest BCUT2D eigenvalue weighted by Crippen LogP contribution is 2.67. The van der Waals surface area contributed by atoms with E-state index in [0.717, 1.165) is 44.9 Å². The molecule has 4 rings (SSSR count). The fourth-order valence-electron chi connectivity index (χ4n) is 7.84. The Labute approximate surface area is 145 Å². The minimum atomic E-state index is -0.308. The van der Waals surface area contributed by atoms with Crippen molar-refractivity contribution in [2.75, 3.05) is 0 Å². The van der Waals surface area contributed by atoms with Gasteiger partial charge in [-0.1, -0.05) is 13.8 Å². The van der Waals surface area contributed by atoms with Crippen LogP contribution in [0.15, 0.2) is 0 Å². The number of hydrogen-bond donors (Lipinski definition) is 1. The third-order valence-corrected chi connectivity index (χ3v) is 8.90. The lowest BCUT2D eigenvalue weighted by Crippen LogP contribution is -2.59. The van der Waals surface area contributed by atoms with E-state index in [1.165, 1.54) is 0 Å². The van der Waals surface area contributed by atoms with Crippen LogP contribution in [0.4, 0.5) is 0 Å². The summed E-state index contributed by atoms with van der Waals surface area (Å²) in [5.74, 6) is 2.78. The molecule has 0 radical (unpaired) electrons. The second kappa shape index (κ2) is 5.40. The molecule has 0 aliphatic heterocycles. The van der Waals surface area contributed by atoms with Crippen molar-refractivity contribution in [3.8, 4) is 0 Å². The van der Waals surface area contributed by atoms with Crippen LogP contribution in [-0.2, 0) is 9.59 Å². The second-order valence-corrected chi connectivity index (χ2v) is 9.84. The summed E-state index contributed by atoms with van der Waals surface area (Å²) in [7, 11) is 0. The summed E-state index contributed by atoms with van der Waals surface area (Å²) >= 11 is 0. The molecule has 0 saturated heterocycles. The first-order valence-electron chi connectivity index (χ1n) is 9.97. The monoisotopic (exact) mass is 332 g/mol. The van der Waals surface area contributed by atoms with Crippen LogP contribution < -0.4 is 0 Å². The zero-order valence-electron chi connectivity index (χ0n) is 15.4. The molecule has 0 aromatic carbocycles. The molecule has 8 atom stereocenters. The molecule has 4 aliphatic carbocycles. The highest BCUT2D eigenvalue weighted by atomic mass is 16.3. The normalized spacial score (nSPS) is 53.9. The Hall–Kier alpha value is -0.700. The van der Waals surface area contributed by atoms with Gasteiger partial charge in [-0.25, -0.2) is 0 Å². The highest BCUT2D eigenvalue weighted by Gasteiger charge is 2.63. The smallest absolute Gasteiger partial charge is 0.133 e. The number of aliphatic hydroxyl groups is 1. The molecular formula is C21H32O3. The van der Waals surface area contributed by atoms with Crippen molar-refractivity contribution >= 4 is 11.6 Å². The molecule has 3 heteroatoms. The summed E-state index contributed by atoms with van der Waals surface area (Å²) in [5, 5.41) is 11.2. The predicted octanol–water partition coefficient (Wildman–Crippen LogP) is 3.77. The summed E-state index contributed by atoms with van der Waals surface area (Å²) in [6, 6.07) is 0. The van der Waals surface area contributed by atoms with E-state index >= 15 is 0 Å². The van der Waals surface area contributed by atoms with Gasteiger partial charge in [-0.15, -0.1) is 0 Å². The molecule has 0 bridgehead atoms. The third kappa shape index (κ3) is 2.12. The molecule has 1 N–H and O–H groups in total. The molecule has 0 spiro atoms. The maximum absolute atomic E-state index is 12.2. The number of ketones is 2. The average Bonchev–Trinajstić information content (AvgIpc) is 2.84. The third-order valence-electron chi connectivity index (χ3n) is 8.90. The van der Waals surface area contributed by atoms with Crippen LogP contribution in [0.2, 0.25) is 0 Å². The Bertz CT molecular complexity index is 569. The zero-order chi connectivity index (χ0) is 17.3. The molecule has 0 aromatic rings. The van der Waals surface area contributed by atoms with Crippen molar-refractivity contribution in [3.63, 3.8) is 0 Å². The van der Waals surface area contributed by atoms with Gasteiger partial charge < -0.3 is 5.11 Å². The second-order valence-electron chi connectivity index (χ2n) is 9.84. The minimum Gasteiger partial charge on any atom is -0.393 e. The number of carbonyl (C=O) groups is 2. The van der Waals surface area contributed by atoms with Gasteiger partial charge in [0.05, 0.1) is 6.10 Å². The minimum absolute atomic E-state index is 0.0138. The Balaban J connectivity index is 1.68. The van der Waals surface area contributed by atoms with Crippen molar-refractivity contribution in [2.24, 2.45) is 40.4 Å². The van der Waals surface area contributed by atoms with Crippen LogP contribution in [0, 0.1) is 40.4 Å². The van der Waals surface area contributed by atoms with Crippen LogP contribution in [0.25, 0.3) is 0 Å². The lowest BCUT2D eigenvalue weighted by atomic mass is 9.44. The maximum atomic E-state index is 12.2. The van der Waals surface area contributed by atoms with Crippen molar-refractivity contribution in [3.05, 3.63) is 0 Å². The van der Waals surface area contributed by atoms with Crippen LogP contribution in [0.5, 0.6) is 0 Å². The summed E-state index contributed by atoms with van der Waals surface area (Å²) in [6.45, 7) is 6.36. The molecule has 2 unspecified atom stereocenters. The van der Waals surface area contributed by atoms with Gasteiger partial charge in [0.1, 0.15) is 11.6 Å². The number of carbonyl (C=O) groups excluding carboxylic acids is 2. The van der Waals surface area contributed by atoms with Gasteiger partial charge in [-0.2, -0.15) is 0 Å².